The number of hydrogen-bond acceptors (Lipinski definition) is 3. The van der Waals surface area contributed by atoms with Crippen LogP contribution in [0.4, 0.5) is 0 Å². The van der Waals surface area contributed by atoms with Crippen LogP contribution in [0.3, 0.4) is 0 Å². The van der Waals surface area contributed by atoms with Crippen LogP contribution in [0, 0.1) is 5.92 Å². The van der Waals surface area contributed by atoms with E-state index in [2.05, 4.69) is 4.72 Å². The lowest BCUT2D eigenvalue weighted by atomic mass is 10.1. The zero-order chi connectivity index (χ0) is 12.9. The Morgan fingerprint density at radius 3 is 2.59 bits per heavy atom. The van der Waals surface area contributed by atoms with Gasteiger partial charge in [0.05, 0.1) is 4.90 Å². The fourth-order valence-electron chi connectivity index (χ4n) is 1.41. The summed E-state index contributed by atoms with van der Waals surface area (Å²) in [4.78, 5) is 0.283. The van der Waals surface area contributed by atoms with Crippen LogP contribution in [0.25, 0.3) is 0 Å². The Kier molecular flexibility index (Phi) is 5.11. The Morgan fingerprint density at radius 2 is 2.00 bits per heavy atom. The van der Waals surface area contributed by atoms with Crippen LogP contribution < -0.4 is 10.5 Å². The fourth-order valence-corrected chi connectivity index (χ4v) is 2.82. The third kappa shape index (κ3) is 3.80. The molecule has 1 atom stereocenters. The average Bonchev–Trinajstić information content (AvgIpc) is 2.35. The maximum atomic E-state index is 12.1. The van der Waals surface area contributed by atoms with Crippen molar-refractivity contribution < 1.29 is 8.42 Å². The lowest BCUT2D eigenvalue weighted by molar-refractivity contribution is 0.528. The summed E-state index contributed by atoms with van der Waals surface area (Å²) >= 11 is 0. The number of nitrogens with two attached hydrogens (primary N) is 1. The molecule has 0 aromatic heterocycles. The highest BCUT2D eigenvalue weighted by Crippen LogP contribution is 2.14. The van der Waals surface area contributed by atoms with E-state index in [1.165, 1.54) is 0 Å². The van der Waals surface area contributed by atoms with E-state index in [0.717, 1.165) is 6.42 Å². The highest BCUT2D eigenvalue weighted by molar-refractivity contribution is 7.89. The molecule has 0 aliphatic rings. The van der Waals surface area contributed by atoms with Crippen LogP contribution in [0.5, 0.6) is 0 Å². The minimum atomic E-state index is -3.44. The van der Waals surface area contributed by atoms with Crippen molar-refractivity contribution in [1.29, 1.82) is 0 Å². The summed E-state index contributed by atoms with van der Waals surface area (Å²) in [7, 11) is -3.44. The molecule has 0 fully saturated rings. The summed E-state index contributed by atoms with van der Waals surface area (Å²) in [5.41, 5.74) is 6.18. The second-order valence-electron chi connectivity index (χ2n) is 4.18. The van der Waals surface area contributed by atoms with Gasteiger partial charge in [-0.1, -0.05) is 38.5 Å². The number of hydrogen-bond donors (Lipinski definition) is 2. The maximum Gasteiger partial charge on any atom is 0.240 e. The topological polar surface area (TPSA) is 72.2 Å². The van der Waals surface area contributed by atoms with Gasteiger partial charge in [0, 0.05) is 13.1 Å². The molecule has 4 nitrogen and oxygen atoms in total. The molecule has 0 saturated carbocycles. The van der Waals surface area contributed by atoms with Crippen LogP contribution >= 0.6 is 0 Å². The number of benzene rings is 1. The summed E-state index contributed by atoms with van der Waals surface area (Å²) < 4.78 is 26.7. The second kappa shape index (κ2) is 6.14. The smallest absolute Gasteiger partial charge is 0.240 e. The first-order chi connectivity index (χ1) is 8.01. The van der Waals surface area contributed by atoms with Gasteiger partial charge in [0.15, 0.2) is 0 Å². The molecule has 0 heterocycles. The molecule has 0 amide bonds. The predicted molar refractivity (Wildman–Crippen MR) is 69.0 cm³/mol. The third-order valence-corrected chi connectivity index (χ3v) is 4.32. The molecule has 0 aliphatic carbocycles. The molecule has 5 heteroatoms. The summed E-state index contributed by atoms with van der Waals surface area (Å²) in [6.07, 6.45) is 0.945. The van der Waals surface area contributed by atoms with E-state index in [1.807, 2.05) is 13.8 Å². The van der Waals surface area contributed by atoms with Crippen molar-refractivity contribution in [2.75, 3.05) is 6.54 Å². The summed E-state index contributed by atoms with van der Waals surface area (Å²) in [6.45, 7) is 4.72. The van der Waals surface area contributed by atoms with Gasteiger partial charge >= 0.3 is 0 Å². The molecule has 0 radical (unpaired) electrons. The molecule has 0 aliphatic heterocycles. The van der Waals surface area contributed by atoms with Gasteiger partial charge in [-0.3, -0.25) is 0 Å². The third-order valence-electron chi connectivity index (χ3n) is 2.80. The van der Waals surface area contributed by atoms with Crippen molar-refractivity contribution in [3.8, 4) is 0 Å². The minimum Gasteiger partial charge on any atom is -0.326 e. The van der Waals surface area contributed by atoms with Crippen LogP contribution in [-0.2, 0) is 16.6 Å². The van der Waals surface area contributed by atoms with Gasteiger partial charge in [0.1, 0.15) is 0 Å². The van der Waals surface area contributed by atoms with Gasteiger partial charge in [-0.25, -0.2) is 13.1 Å². The minimum absolute atomic E-state index is 0.223. The van der Waals surface area contributed by atoms with Gasteiger partial charge in [0.25, 0.3) is 0 Å². The molecule has 1 aromatic rings. The first-order valence-corrected chi connectivity index (χ1v) is 7.27. The van der Waals surface area contributed by atoms with Gasteiger partial charge in [-0.05, 0) is 17.5 Å². The molecule has 1 unspecified atom stereocenters. The van der Waals surface area contributed by atoms with E-state index < -0.39 is 10.0 Å². The van der Waals surface area contributed by atoms with Crippen LogP contribution in [0.2, 0.25) is 0 Å². The summed E-state index contributed by atoms with van der Waals surface area (Å²) in [5, 5.41) is 0. The normalized spacial score (nSPS) is 13.6. The van der Waals surface area contributed by atoms with Crippen LogP contribution in [0.15, 0.2) is 29.2 Å². The largest absolute Gasteiger partial charge is 0.326 e. The zero-order valence-electron chi connectivity index (χ0n) is 10.3. The summed E-state index contributed by atoms with van der Waals surface area (Å²) in [6, 6.07) is 6.81. The number of nitrogens with one attached hydrogen (secondary N) is 1. The van der Waals surface area contributed by atoms with E-state index in [0.29, 0.717) is 18.0 Å². The Bertz CT molecular complexity index is 457. The Balaban J connectivity index is 2.89. The fraction of sp³-hybridized carbons (Fsp3) is 0.500. The number of rotatable bonds is 6. The van der Waals surface area contributed by atoms with E-state index in [1.54, 1.807) is 24.3 Å². The number of sulfonamides is 1. The summed E-state index contributed by atoms with van der Waals surface area (Å²) in [5.74, 6) is 0.329. The maximum absolute atomic E-state index is 12.1. The van der Waals surface area contributed by atoms with Crippen molar-refractivity contribution in [2.45, 2.75) is 31.7 Å². The molecule has 0 saturated heterocycles. The SMILES string of the molecule is CCC(C)CNS(=O)(=O)c1ccccc1CN. The van der Waals surface area contributed by atoms with Crippen molar-refractivity contribution in [3.63, 3.8) is 0 Å². The highest BCUT2D eigenvalue weighted by Gasteiger charge is 2.17. The van der Waals surface area contributed by atoms with Gasteiger partial charge in [-0.15, -0.1) is 0 Å². The molecule has 3 N–H and O–H groups in total. The zero-order valence-corrected chi connectivity index (χ0v) is 11.1. The van der Waals surface area contributed by atoms with E-state index in [-0.39, 0.29) is 11.4 Å². The lowest BCUT2D eigenvalue weighted by Crippen LogP contribution is -2.29. The molecule has 17 heavy (non-hydrogen) atoms. The van der Waals surface area contributed by atoms with Crippen LogP contribution in [-0.4, -0.2) is 15.0 Å². The van der Waals surface area contributed by atoms with Crippen molar-refractivity contribution in [1.82, 2.24) is 4.72 Å². The standard InChI is InChI=1S/C12H20N2O2S/c1-3-10(2)9-14-17(15,16)12-7-5-4-6-11(12)8-13/h4-7,10,14H,3,8-9,13H2,1-2H3. The Labute approximate surface area is 103 Å². The van der Waals surface area contributed by atoms with E-state index in [4.69, 9.17) is 5.73 Å². The highest BCUT2D eigenvalue weighted by atomic mass is 32.2. The van der Waals surface area contributed by atoms with Crippen molar-refractivity contribution in [3.05, 3.63) is 29.8 Å². The molecule has 1 aromatic carbocycles. The quantitative estimate of drug-likeness (QED) is 0.809. The molecule has 0 bridgehead atoms. The Morgan fingerprint density at radius 1 is 1.35 bits per heavy atom. The predicted octanol–water partition coefficient (Wildman–Crippen LogP) is 1.47. The van der Waals surface area contributed by atoms with E-state index >= 15 is 0 Å². The van der Waals surface area contributed by atoms with Gasteiger partial charge in [-0.2, -0.15) is 0 Å². The first kappa shape index (κ1) is 14.2. The van der Waals surface area contributed by atoms with Gasteiger partial charge < -0.3 is 5.73 Å². The van der Waals surface area contributed by atoms with Crippen molar-refractivity contribution in [2.24, 2.45) is 11.7 Å². The van der Waals surface area contributed by atoms with Crippen LogP contribution in [0.1, 0.15) is 25.8 Å². The molecule has 96 valence electrons. The first-order valence-electron chi connectivity index (χ1n) is 5.79. The monoisotopic (exact) mass is 256 g/mol. The molecular formula is C12H20N2O2S. The lowest BCUT2D eigenvalue weighted by Gasteiger charge is -2.13. The van der Waals surface area contributed by atoms with Gasteiger partial charge in [0.2, 0.25) is 10.0 Å². The van der Waals surface area contributed by atoms with Crippen molar-refractivity contribution >= 4 is 10.0 Å². The molecule has 0 spiro atoms. The second-order valence-corrected chi connectivity index (χ2v) is 5.91. The average molecular weight is 256 g/mol. The molecule has 1 rings (SSSR count). The Hall–Kier alpha value is -0.910. The molecular weight excluding hydrogens is 236 g/mol. The van der Waals surface area contributed by atoms with E-state index in [9.17, 15) is 8.42 Å².